The van der Waals surface area contributed by atoms with Crippen molar-refractivity contribution >= 4 is 22.7 Å². The molecule has 0 aliphatic heterocycles. The van der Waals surface area contributed by atoms with E-state index in [0.717, 1.165) is 0 Å². The third-order valence-electron chi connectivity index (χ3n) is 3.97. The Hall–Kier alpha value is -3.88. The van der Waals surface area contributed by atoms with Gasteiger partial charge in [-0.05, 0) is 24.3 Å². The van der Waals surface area contributed by atoms with Crippen LogP contribution in [-0.2, 0) is 11.3 Å². The highest BCUT2D eigenvalue weighted by Crippen LogP contribution is 2.22. The molecule has 0 aliphatic carbocycles. The van der Waals surface area contributed by atoms with Gasteiger partial charge >= 0.3 is 0 Å². The van der Waals surface area contributed by atoms with Crippen molar-refractivity contribution < 1.29 is 19.1 Å². The largest absolute Gasteiger partial charge is 0.497 e. The van der Waals surface area contributed by atoms with Crippen molar-refractivity contribution in [1.82, 2.24) is 20.4 Å². The molecular formula is C19H18N4O5. The summed E-state index contributed by atoms with van der Waals surface area (Å²) in [6.45, 7) is -0.293. The van der Waals surface area contributed by atoms with Crippen LogP contribution in [0.25, 0.3) is 10.9 Å². The number of hydrogen-bond donors (Lipinski definition) is 2. The average Bonchev–Trinajstić information content (AvgIpc) is 2.73. The molecule has 0 unspecified atom stereocenters. The number of carbonyl (C=O) groups excluding carboxylic acids is 2. The van der Waals surface area contributed by atoms with Crippen LogP contribution >= 0.6 is 0 Å². The molecule has 2 N–H and O–H groups in total. The zero-order chi connectivity index (χ0) is 20.1. The van der Waals surface area contributed by atoms with Crippen LogP contribution < -0.4 is 25.9 Å². The van der Waals surface area contributed by atoms with Crippen molar-refractivity contribution in [3.8, 4) is 11.5 Å². The summed E-state index contributed by atoms with van der Waals surface area (Å²) in [7, 11) is 2.93. The third kappa shape index (κ3) is 4.09. The van der Waals surface area contributed by atoms with Gasteiger partial charge in [0.2, 0.25) is 0 Å². The predicted octanol–water partition coefficient (Wildman–Crippen LogP) is 0.875. The number of hydrogen-bond acceptors (Lipinski definition) is 6. The lowest BCUT2D eigenvalue weighted by Crippen LogP contribution is -2.44. The number of rotatable bonds is 5. The van der Waals surface area contributed by atoms with Crippen molar-refractivity contribution in [2.75, 3.05) is 14.2 Å². The topological polar surface area (TPSA) is 112 Å². The summed E-state index contributed by atoms with van der Waals surface area (Å²) in [6, 6.07) is 11.5. The normalized spacial score (nSPS) is 10.4. The molecule has 2 amide bonds. The first-order valence-corrected chi connectivity index (χ1v) is 8.28. The maximum Gasteiger partial charge on any atom is 0.269 e. The molecular weight excluding hydrogens is 364 g/mol. The second-order valence-electron chi connectivity index (χ2n) is 5.80. The number of fused-ring (bicyclic) bond motifs is 1. The quantitative estimate of drug-likeness (QED) is 0.634. The van der Waals surface area contributed by atoms with Crippen molar-refractivity contribution in [2.45, 2.75) is 6.54 Å². The predicted molar refractivity (Wildman–Crippen MR) is 101 cm³/mol. The van der Waals surface area contributed by atoms with Crippen LogP contribution in [0.4, 0.5) is 0 Å². The van der Waals surface area contributed by atoms with E-state index in [1.807, 2.05) is 0 Å². The van der Waals surface area contributed by atoms with Gasteiger partial charge in [0.05, 0.1) is 31.4 Å². The van der Waals surface area contributed by atoms with E-state index in [9.17, 15) is 14.4 Å². The zero-order valence-electron chi connectivity index (χ0n) is 15.3. The highest BCUT2D eigenvalue weighted by atomic mass is 16.5. The van der Waals surface area contributed by atoms with Crippen LogP contribution in [0.3, 0.4) is 0 Å². The van der Waals surface area contributed by atoms with Crippen molar-refractivity contribution in [1.29, 1.82) is 0 Å². The van der Waals surface area contributed by atoms with Gasteiger partial charge in [-0.15, -0.1) is 0 Å². The summed E-state index contributed by atoms with van der Waals surface area (Å²) in [5, 5.41) is 0.408. The van der Waals surface area contributed by atoms with Gasteiger partial charge in [-0.3, -0.25) is 29.8 Å². The van der Waals surface area contributed by atoms with E-state index in [-0.39, 0.29) is 17.7 Å². The molecule has 3 aromatic rings. The minimum atomic E-state index is -0.581. The second-order valence-corrected chi connectivity index (χ2v) is 5.80. The molecule has 1 aromatic heterocycles. The van der Waals surface area contributed by atoms with Gasteiger partial charge in [-0.2, -0.15) is 0 Å². The number of ether oxygens (including phenoxy) is 2. The third-order valence-corrected chi connectivity index (χ3v) is 3.97. The molecule has 9 heteroatoms. The Labute approximate surface area is 159 Å². The highest BCUT2D eigenvalue weighted by molar-refractivity contribution is 5.96. The fourth-order valence-corrected chi connectivity index (χ4v) is 2.55. The fourth-order valence-electron chi connectivity index (χ4n) is 2.55. The average molecular weight is 382 g/mol. The van der Waals surface area contributed by atoms with Crippen molar-refractivity contribution in [3.63, 3.8) is 0 Å². The summed E-state index contributed by atoms with van der Waals surface area (Å²) in [4.78, 5) is 40.9. The first-order chi connectivity index (χ1) is 13.5. The number of nitrogens with one attached hydrogen (secondary N) is 2. The minimum absolute atomic E-state index is 0.237. The molecule has 0 saturated carbocycles. The molecule has 1 heterocycles. The maximum atomic E-state index is 12.4. The molecule has 2 aromatic carbocycles. The van der Waals surface area contributed by atoms with E-state index < -0.39 is 11.8 Å². The lowest BCUT2D eigenvalue weighted by Gasteiger charge is -2.11. The van der Waals surface area contributed by atoms with Crippen LogP contribution in [0.1, 0.15) is 10.4 Å². The van der Waals surface area contributed by atoms with Gasteiger partial charge in [0.1, 0.15) is 18.0 Å². The van der Waals surface area contributed by atoms with E-state index in [4.69, 9.17) is 9.47 Å². The van der Waals surface area contributed by atoms with Crippen LogP contribution in [0.2, 0.25) is 0 Å². The number of hydrazine groups is 1. The van der Waals surface area contributed by atoms with Gasteiger partial charge in [0.25, 0.3) is 17.4 Å². The fraction of sp³-hybridized carbons (Fsp3) is 0.158. The summed E-state index contributed by atoms with van der Waals surface area (Å²) in [6.07, 6.45) is 1.29. The van der Waals surface area contributed by atoms with Gasteiger partial charge in [0, 0.05) is 11.6 Å². The Morgan fingerprint density at radius 1 is 1.04 bits per heavy atom. The Bertz CT molecular complexity index is 1070. The number of methoxy groups -OCH3 is 2. The molecule has 0 fully saturated rings. The number of para-hydroxylation sites is 1. The summed E-state index contributed by atoms with van der Waals surface area (Å²) in [5.41, 5.74) is 5.00. The highest BCUT2D eigenvalue weighted by Gasteiger charge is 2.12. The van der Waals surface area contributed by atoms with Gasteiger partial charge < -0.3 is 9.47 Å². The number of benzene rings is 2. The molecule has 0 bridgehead atoms. The van der Waals surface area contributed by atoms with Crippen LogP contribution in [0.15, 0.2) is 53.6 Å². The number of nitrogens with zero attached hydrogens (tertiary/aromatic N) is 2. The molecule has 9 nitrogen and oxygen atoms in total. The summed E-state index contributed by atoms with van der Waals surface area (Å²) >= 11 is 0. The SMILES string of the molecule is COc1cc(OC)cc(C(=O)NNC(=O)Cn2cnc3ccccc3c2=O)c1. The molecule has 144 valence electrons. The van der Waals surface area contributed by atoms with Gasteiger partial charge in [0.15, 0.2) is 0 Å². The molecule has 0 saturated heterocycles. The van der Waals surface area contributed by atoms with Crippen molar-refractivity contribution in [3.05, 3.63) is 64.7 Å². The van der Waals surface area contributed by atoms with E-state index in [0.29, 0.717) is 22.4 Å². The number of amides is 2. The minimum Gasteiger partial charge on any atom is -0.497 e. The number of carbonyl (C=O) groups is 2. The molecule has 0 spiro atoms. The van der Waals surface area contributed by atoms with E-state index in [2.05, 4.69) is 15.8 Å². The standard InChI is InChI=1S/C19H18N4O5/c1-27-13-7-12(8-14(9-13)28-2)18(25)22-21-17(24)10-23-11-20-16-6-4-3-5-15(16)19(23)26/h3-9,11H,10H2,1-2H3,(H,21,24)(H,22,25). The van der Waals surface area contributed by atoms with Crippen LogP contribution in [0, 0.1) is 0 Å². The maximum absolute atomic E-state index is 12.4. The monoisotopic (exact) mass is 382 g/mol. The molecule has 3 rings (SSSR count). The lowest BCUT2D eigenvalue weighted by molar-refractivity contribution is -0.122. The Morgan fingerprint density at radius 2 is 1.71 bits per heavy atom. The molecule has 0 atom stereocenters. The lowest BCUT2D eigenvalue weighted by atomic mass is 10.2. The molecule has 28 heavy (non-hydrogen) atoms. The molecule has 0 aliphatic rings. The van der Waals surface area contributed by atoms with Crippen LogP contribution in [0.5, 0.6) is 11.5 Å². The van der Waals surface area contributed by atoms with Crippen LogP contribution in [-0.4, -0.2) is 35.6 Å². The first-order valence-electron chi connectivity index (χ1n) is 8.28. The van der Waals surface area contributed by atoms with E-state index in [1.54, 1.807) is 30.3 Å². The van der Waals surface area contributed by atoms with E-state index in [1.165, 1.54) is 37.2 Å². The molecule has 0 radical (unpaired) electrons. The van der Waals surface area contributed by atoms with E-state index >= 15 is 0 Å². The smallest absolute Gasteiger partial charge is 0.269 e. The van der Waals surface area contributed by atoms with Gasteiger partial charge in [-0.1, -0.05) is 12.1 Å². The van der Waals surface area contributed by atoms with Gasteiger partial charge in [-0.25, -0.2) is 4.98 Å². The van der Waals surface area contributed by atoms with Crippen molar-refractivity contribution in [2.24, 2.45) is 0 Å². The zero-order valence-corrected chi connectivity index (χ0v) is 15.3. The Kier molecular flexibility index (Phi) is 5.54. The second kappa shape index (κ2) is 8.21. The Morgan fingerprint density at radius 3 is 2.39 bits per heavy atom. The Balaban J connectivity index is 1.67. The first kappa shape index (κ1) is 18.9. The number of aromatic nitrogens is 2. The summed E-state index contributed by atoms with van der Waals surface area (Å²) < 4.78 is 11.4. The summed E-state index contributed by atoms with van der Waals surface area (Å²) in [5.74, 6) is -0.272.